The first-order chi connectivity index (χ1) is 7.82. The number of anilines is 1. The van der Waals surface area contributed by atoms with Gasteiger partial charge in [-0.15, -0.1) is 0 Å². The molecule has 0 aliphatic heterocycles. The molecule has 0 N–H and O–H groups in total. The van der Waals surface area contributed by atoms with Crippen molar-refractivity contribution < 1.29 is 4.79 Å². The number of alkyl halides is 3. The lowest BCUT2D eigenvalue weighted by molar-refractivity contribution is -0.117. The van der Waals surface area contributed by atoms with Gasteiger partial charge in [-0.3, -0.25) is 4.79 Å². The summed E-state index contributed by atoms with van der Waals surface area (Å²) in [6.45, 7) is 5.89. The van der Waals surface area contributed by atoms with E-state index < -0.39 is 9.70 Å². The zero-order valence-electron chi connectivity index (χ0n) is 9.29. The van der Waals surface area contributed by atoms with E-state index in [1.807, 2.05) is 25.1 Å². The monoisotopic (exact) mass is 291 g/mol. The zero-order valence-corrected chi connectivity index (χ0v) is 11.6. The van der Waals surface area contributed by atoms with E-state index in [0.29, 0.717) is 12.2 Å². The summed E-state index contributed by atoms with van der Waals surface area (Å²) in [4.78, 5) is 13.4. The van der Waals surface area contributed by atoms with Gasteiger partial charge in [-0.2, -0.15) is 0 Å². The summed E-state index contributed by atoms with van der Waals surface area (Å²) in [6.07, 6.45) is 0. The predicted octanol–water partition coefficient (Wildman–Crippen LogP) is 3.97. The molecule has 1 amide bonds. The number of nitrogens with zero attached hydrogens (tertiary/aromatic N) is 1. The summed E-state index contributed by atoms with van der Waals surface area (Å²) in [7, 11) is 0. The third kappa shape index (κ3) is 4.23. The standard InChI is InChI=1S/C12H12Cl3NO/c1-9(2)8-16(11(17)12(13,14)15)10-6-4-3-5-7-10/h3-7H,1,8H2,2H3. The van der Waals surface area contributed by atoms with Crippen molar-refractivity contribution in [3.05, 3.63) is 42.5 Å². The zero-order chi connectivity index (χ0) is 13.1. The molecule has 0 radical (unpaired) electrons. The van der Waals surface area contributed by atoms with Crippen molar-refractivity contribution in [2.75, 3.05) is 11.4 Å². The Morgan fingerprint density at radius 3 is 2.24 bits per heavy atom. The lowest BCUT2D eigenvalue weighted by atomic mass is 10.2. The summed E-state index contributed by atoms with van der Waals surface area (Å²) in [5.74, 6) is -0.586. The second kappa shape index (κ2) is 5.76. The highest BCUT2D eigenvalue weighted by Gasteiger charge is 2.35. The fourth-order valence-electron chi connectivity index (χ4n) is 1.31. The largest absolute Gasteiger partial charge is 0.305 e. The fourth-order valence-corrected chi connectivity index (χ4v) is 1.62. The molecule has 0 aromatic heterocycles. The summed E-state index contributed by atoms with van der Waals surface area (Å²) in [6, 6.07) is 9.02. The van der Waals surface area contributed by atoms with Crippen molar-refractivity contribution in [1.82, 2.24) is 0 Å². The van der Waals surface area contributed by atoms with Gasteiger partial charge in [0.1, 0.15) is 0 Å². The van der Waals surface area contributed by atoms with Crippen LogP contribution in [-0.4, -0.2) is 16.2 Å². The van der Waals surface area contributed by atoms with E-state index in [-0.39, 0.29) is 0 Å². The maximum absolute atomic E-state index is 12.0. The molecule has 0 saturated heterocycles. The second-order valence-corrected chi connectivity index (χ2v) is 5.96. The predicted molar refractivity (Wildman–Crippen MR) is 73.9 cm³/mol. The van der Waals surface area contributed by atoms with Gasteiger partial charge in [0.25, 0.3) is 9.70 Å². The van der Waals surface area contributed by atoms with Crippen LogP contribution in [-0.2, 0) is 4.79 Å². The SMILES string of the molecule is C=C(C)CN(C(=O)C(Cl)(Cl)Cl)c1ccccc1. The molecule has 0 fully saturated rings. The molecule has 1 aromatic carbocycles. The van der Waals surface area contributed by atoms with Crippen molar-refractivity contribution in [3.8, 4) is 0 Å². The maximum atomic E-state index is 12.0. The summed E-state index contributed by atoms with van der Waals surface area (Å²) >= 11 is 16.9. The van der Waals surface area contributed by atoms with Gasteiger partial charge in [0, 0.05) is 12.2 Å². The first-order valence-electron chi connectivity index (χ1n) is 4.90. The molecule has 1 aromatic rings. The van der Waals surface area contributed by atoms with E-state index in [4.69, 9.17) is 34.8 Å². The summed E-state index contributed by atoms with van der Waals surface area (Å²) in [5, 5.41) is 0. The molecular weight excluding hydrogens is 280 g/mol. The number of hydrogen-bond donors (Lipinski definition) is 0. The molecule has 1 rings (SSSR count). The lowest BCUT2D eigenvalue weighted by Gasteiger charge is -2.26. The van der Waals surface area contributed by atoms with Gasteiger partial charge in [-0.05, 0) is 19.1 Å². The molecule has 0 bridgehead atoms. The number of carbonyl (C=O) groups excluding carboxylic acids is 1. The number of rotatable bonds is 3. The van der Waals surface area contributed by atoms with Crippen LogP contribution in [0, 0.1) is 0 Å². The van der Waals surface area contributed by atoms with Crippen molar-refractivity contribution in [1.29, 1.82) is 0 Å². The number of hydrogen-bond acceptors (Lipinski definition) is 1. The molecule has 17 heavy (non-hydrogen) atoms. The van der Waals surface area contributed by atoms with Crippen molar-refractivity contribution in [2.45, 2.75) is 10.7 Å². The number of halogens is 3. The minimum Gasteiger partial charge on any atom is -0.305 e. The highest BCUT2D eigenvalue weighted by Crippen LogP contribution is 2.31. The third-order valence-electron chi connectivity index (χ3n) is 1.98. The molecule has 0 unspecified atom stereocenters. The highest BCUT2D eigenvalue weighted by molar-refractivity contribution is 6.77. The third-order valence-corrected chi connectivity index (χ3v) is 2.47. The van der Waals surface area contributed by atoms with E-state index in [0.717, 1.165) is 5.57 Å². The average Bonchev–Trinajstić information content (AvgIpc) is 2.24. The number of carbonyl (C=O) groups is 1. The van der Waals surface area contributed by atoms with E-state index in [1.165, 1.54) is 4.90 Å². The van der Waals surface area contributed by atoms with Crippen molar-refractivity contribution >= 4 is 46.4 Å². The average molecular weight is 293 g/mol. The van der Waals surface area contributed by atoms with Crippen LogP contribution in [0.15, 0.2) is 42.5 Å². The Labute approximate surface area is 116 Å². The van der Waals surface area contributed by atoms with Gasteiger partial charge < -0.3 is 4.90 Å². The van der Waals surface area contributed by atoms with E-state index in [2.05, 4.69) is 6.58 Å². The van der Waals surface area contributed by atoms with Crippen LogP contribution >= 0.6 is 34.8 Å². The second-order valence-electron chi connectivity index (χ2n) is 3.68. The quantitative estimate of drug-likeness (QED) is 0.610. The van der Waals surface area contributed by atoms with Crippen molar-refractivity contribution in [3.63, 3.8) is 0 Å². The number of amides is 1. The Morgan fingerprint density at radius 2 is 1.82 bits per heavy atom. The van der Waals surface area contributed by atoms with Crippen LogP contribution in [0.1, 0.15) is 6.92 Å². The highest BCUT2D eigenvalue weighted by atomic mass is 35.6. The van der Waals surface area contributed by atoms with Gasteiger partial charge in [0.15, 0.2) is 0 Å². The molecule has 5 heteroatoms. The molecule has 92 valence electrons. The van der Waals surface area contributed by atoms with Crippen LogP contribution in [0.4, 0.5) is 5.69 Å². The van der Waals surface area contributed by atoms with Crippen molar-refractivity contribution in [2.24, 2.45) is 0 Å². The Bertz CT molecular complexity index is 412. The van der Waals surface area contributed by atoms with Crippen LogP contribution in [0.2, 0.25) is 0 Å². The van der Waals surface area contributed by atoms with E-state index >= 15 is 0 Å². The molecule has 0 saturated carbocycles. The molecule has 0 aliphatic carbocycles. The van der Waals surface area contributed by atoms with Gasteiger partial charge in [-0.25, -0.2) is 0 Å². The van der Waals surface area contributed by atoms with Gasteiger partial charge in [0.2, 0.25) is 0 Å². The van der Waals surface area contributed by atoms with Crippen LogP contribution in [0.3, 0.4) is 0 Å². The minimum absolute atomic E-state index is 0.316. The summed E-state index contributed by atoms with van der Waals surface area (Å²) < 4.78 is -1.97. The lowest BCUT2D eigenvalue weighted by Crippen LogP contribution is -2.40. The van der Waals surface area contributed by atoms with Crippen LogP contribution in [0.5, 0.6) is 0 Å². The van der Waals surface area contributed by atoms with Gasteiger partial charge in [-0.1, -0.05) is 65.2 Å². The number of benzene rings is 1. The molecule has 0 atom stereocenters. The Morgan fingerprint density at radius 1 is 1.29 bits per heavy atom. The minimum atomic E-state index is -1.97. The molecule has 0 aliphatic rings. The van der Waals surface area contributed by atoms with Crippen LogP contribution in [0.25, 0.3) is 0 Å². The molecule has 2 nitrogen and oxygen atoms in total. The van der Waals surface area contributed by atoms with E-state index in [9.17, 15) is 4.79 Å². The molecular formula is C12H12Cl3NO. The van der Waals surface area contributed by atoms with Gasteiger partial charge >= 0.3 is 0 Å². The normalized spacial score (nSPS) is 11.1. The Balaban J connectivity index is 3.05. The Hall–Kier alpha value is -0.700. The van der Waals surface area contributed by atoms with E-state index in [1.54, 1.807) is 12.1 Å². The maximum Gasteiger partial charge on any atom is 0.279 e. The molecule has 0 heterocycles. The first-order valence-corrected chi connectivity index (χ1v) is 6.04. The smallest absolute Gasteiger partial charge is 0.279 e. The first kappa shape index (κ1) is 14.4. The van der Waals surface area contributed by atoms with Gasteiger partial charge in [0.05, 0.1) is 0 Å². The Kier molecular flexibility index (Phi) is 4.87. The topological polar surface area (TPSA) is 20.3 Å². The fraction of sp³-hybridized carbons (Fsp3) is 0.250. The number of para-hydroxylation sites is 1. The molecule has 0 spiro atoms. The van der Waals surface area contributed by atoms with Crippen LogP contribution < -0.4 is 4.90 Å². The summed E-state index contributed by atoms with van der Waals surface area (Å²) in [5.41, 5.74) is 1.48.